The Kier molecular flexibility index (Phi) is 7.62. The number of rotatable bonds is 8. The van der Waals surface area contributed by atoms with Gasteiger partial charge in [-0.25, -0.2) is 0 Å². The Morgan fingerprint density at radius 1 is 1.19 bits per heavy atom. The topological polar surface area (TPSA) is 77.7 Å². The molecular weight excluding hydrogens is 328 g/mol. The van der Waals surface area contributed by atoms with E-state index in [4.69, 9.17) is 0 Å². The van der Waals surface area contributed by atoms with Crippen LogP contribution in [0.25, 0.3) is 0 Å². The molecule has 0 radical (unpaired) electrons. The molecular formula is C19H30N6O. The molecule has 7 heteroatoms. The predicted molar refractivity (Wildman–Crippen MR) is 105 cm³/mol. The van der Waals surface area contributed by atoms with Gasteiger partial charge in [0, 0.05) is 44.9 Å². The van der Waals surface area contributed by atoms with E-state index >= 15 is 0 Å². The van der Waals surface area contributed by atoms with Crippen molar-refractivity contribution < 1.29 is 5.11 Å². The minimum absolute atomic E-state index is 0.0257. The Bertz CT molecular complexity index is 682. The van der Waals surface area contributed by atoms with E-state index in [1.165, 1.54) is 0 Å². The molecule has 1 aromatic heterocycles. The summed E-state index contributed by atoms with van der Waals surface area (Å²) in [4.78, 5) is 6.44. The van der Waals surface area contributed by atoms with E-state index in [1.807, 2.05) is 68.6 Å². The zero-order valence-electron chi connectivity index (χ0n) is 16.1. The summed E-state index contributed by atoms with van der Waals surface area (Å²) in [5, 5.41) is 20.6. The second-order valence-corrected chi connectivity index (χ2v) is 6.55. The number of likely N-dealkylation sites (N-methyl/N-ethyl adjacent to an activating group) is 1. The summed E-state index contributed by atoms with van der Waals surface area (Å²) < 4.78 is 1.81. The lowest BCUT2D eigenvalue weighted by Gasteiger charge is -2.25. The predicted octanol–water partition coefficient (Wildman–Crippen LogP) is 0.964. The van der Waals surface area contributed by atoms with Crippen molar-refractivity contribution in [3.05, 3.63) is 53.9 Å². The molecule has 2 rings (SSSR count). The molecule has 0 aliphatic rings. The molecule has 2 unspecified atom stereocenters. The van der Waals surface area contributed by atoms with Gasteiger partial charge in [-0.3, -0.25) is 9.67 Å². The number of nitrogens with zero attached hydrogens (tertiary/aromatic N) is 4. The quantitative estimate of drug-likeness (QED) is 0.484. The maximum Gasteiger partial charge on any atom is 0.191 e. The number of nitrogens with one attached hydrogen (secondary N) is 2. The van der Waals surface area contributed by atoms with E-state index in [1.54, 1.807) is 7.05 Å². The fourth-order valence-electron chi connectivity index (χ4n) is 2.86. The van der Waals surface area contributed by atoms with E-state index in [2.05, 4.69) is 25.6 Å². The standard InChI is InChI=1S/C19H30N6O/c1-20-19(21-10-17(14-26)15-8-6-5-7-9-15)22-12-18(24(2)3)16-11-23-25(4)13-16/h5-9,11,13,17-18,26H,10,12,14H2,1-4H3,(H2,20,21,22). The Hall–Kier alpha value is -2.38. The lowest BCUT2D eigenvalue weighted by atomic mass is 10.0. The largest absolute Gasteiger partial charge is 0.396 e. The maximum atomic E-state index is 9.69. The molecule has 1 aromatic carbocycles. The number of guanidine groups is 1. The molecule has 1 heterocycles. The van der Waals surface area contributed by atoms with Gasteiger partial charge in [-0.05, 0) is 19.7 Å². The van der Waals surface area contributed by atoms with Crippen molar-refractivity contribution >= 4 is 5.96 Å². The summed E-state index contributed by atoms with van der Waals surface area (Å²) in [6.07, 6.45) is 3.92. The van der Waals surface area contributed by atoms with Crippen LogP contribution in [0.1, 0.15) is 23.1 Å². The van der Waals surface area contributed by atoms with Gasteiger partial charge in [0.25, 0.3) is 0 Å². The summed E-state index contributed by atoms with van der Waals surface area (Å²) in [5.74, 6) is 0.743. The van der Waals surface area contributed by atoms with Gasteiger partial charge < -0.3 is 20.6 Å². The molecule has 0 saturated carbocycles. The zero-order valence-corrected chi connectivity index (χ0v) is 16.1. The Labute approximate surface area is 155 Å². The van der Waals surface area contributed by atoms with Crippen molar-refractivity contribution in [1.29, 1.82) is 0 Å². The number of aliphatic hydroxyl groups excluding tert-OH is 1. The highest BCUT2D eigenvalue weighted by atomic mass is 16.3. The first-order chi connectivity index (χ1) is 12.5. The zero-order chi connectivity index (χ0) is 18.9. The van der Waals surface area contributed by atoms with Crippen LogP contribution in [0.15, 0.2) is 47.7 Å². The van der Waals surface area contributed by atoms with Gasteiger partial charge in [-0.1, -0.05) is 30.3 Å². The van der Waals surface area contributed by atoms with Gasteiger partial charge in [0.2, 0.25) is 0 Å². The summed E-state index contributed by atoms with van der Waals surface area (Å²) in [7, 11) is 7.77. The average molecular weight is 358 g/mol. The first-order valence-corrected chi connectivity index (χ1v) is 8.80. The minimum Gasteiger partial charge on any atom is -0.396 e. The van der Waals surface area contributed by atoms with Gasteiger partial charge >= 0.3 is 0 Å². The molecule has 0 aliphatic heterocycles. The molecule has 142 valence electrons. The van der Waals surface area contributed by atoms with Crippen LogP contribution >= 0.6 is 0 Å². The third-order valence-corrected chi connectivity index (χ3v) is 4.43. The van der Waals surface area contributed by atoms with Crippen LogP contribution in [0.3, 0.4) is 0 Å². The van der Waals surface area contributed by atoms with Crippen molar-refractivity contribution in [3.63, 3.8) is 0 Å². The van der Waals surface area contributed by atoms with Crippen LogP contribution in [0, 0.1) is 0 Å². The minimum atomic E-state index is 0.0257. The molecule has 0 fully saturated rings. The lowest BCUT2D eigenvalue weighted by molar-refractivity contribution is 0.264. The van der Waals surface area contributed by atoms with Gasteiger partial charge in [0.05, 0.1) is 18.8 Å². The van der Waals surface area contributed by atoms with Gasteiger partial charge in [-0.15, -0.1) is 0 Å². The summed E-state index contributed by atoms with van der Waals surface area (Å²) in [5.41, 5.74) is 2.26. The van der Waals surface area contributed by atoms with Crippen LogP contribution in [-0.2, 0) is 7.05 Å². The molecule has 7 nitrogen and oxygen atoms in total. The van der Waals surface area contributed by atoms with E-state index in [0.717, 1.165) is 17.1 Å². The van der Waals surface area contributed by atoms with E-state index in [9.17, 15) is 5.11 Å². The fourth-order valence-corrected chi connectivity index (χ4v) is 2.86. The smallest absolute Gasteiger partial charge is 0.191 e. The van der Waals surface area contributed by atoms with Crippen LogP contribution < -0.4 is 10.6 Å². The van der Waals surface area contributed by atoms with Crippen LogP contribution in [-0.4, -0.2) is 66.6 Å². The molecule has 0 aliphatic carbocycles. The highest BCUT2D eigenvalue weighted by Gasteiger charge is 2.17. The second-order valence-electron chi connectivity index (χ2n) is 6.55. The van der Waals surface area contributed by atoms with Crippen LogP contribution in [0.2, 0.25) is 0 Å². The molecule has 0 saturated heterocycles. The first-order valence-electron chi connectivity index (χ1n) is 8.80. The molecule has 2 aromatic rings. The Morgan fingerprint density at radius 2 is 1.88 bits per heavy atom. The molecule has 0 amide bonds. The van der Waals surface area contributed by atoms with E-state index in [0.29, 0.717) is 13.1 Å². The lowest BCUT2D eigenvalue weighted by Crippen LogP contribution is -2.43. The summed E-state index contributed by atoms with van der Waals surface area (Å²) in [6.45, 7) is 1.40. The van der Waals surface area contributed by atoms with Gasteiger partial charge in [0.15, 0.2) is 5.96 Å². The maximum absolute atomic E-state index is 9.69. The number of hydrogen-bond acceptors (Lipinski definition) is 4. The third kappa shape index (κ3) is 5.57. The molecule has 3 N–H and O–H groups in total. The number of hydrogen-bond donors (Lipinski definition) is 3. The Morgan fingerprint density at radius 3 is 2.42 bits per heavy atom. The number of aromatic nitrogens is 2. The summed E-state index contributed by atoms with van der Waals surface area (Å²) in [6, 6.07) is 10.2. The second kappa shape index (κ2) is 9.94. The Balaban J connectivity index is 1.92. The fraction of sp³-hybridized carbons (Fsp3) is 0.474. The molecule has 2 atom stereocenters. The highest BCUT2D eigenvalue weighted by Crippen LogP contribution is 2.16. The van der Waals surface area contributed by atoms with Crippen molar-refractivity contribution in [1.82, 2.24) is 25.3 Å². The monoisotopic (exact) mass is 358 g/mol. The van der Waals surface area contributed by atoms with Crippen molar-refractivity contribution in [3.8, 4) is 0 Å². The van der Waals surface area contributed by atoms with Crippen molar-refractivity contribution in [2.24, 2.45) is 12.0 Å². The van der Waals surface area contributed by atoms with Gasteiger partial charge in [-0.2, -0.15) is 5.10 Å². The normalized spacial score (nSPS) is 14.3. The molecule has 0 spiro atoms. The average Bonchev–Trinajstić information content (AvgIpc) is 3.07. The SMILES string of the molecule is CN=C(NCC(CO)c1ccccc1)NCC(c1cnn(C)c1)N(C)C. The van der Waals surface area contributed by atoms with Crippen LogP contribution in [0.5, 0.6) is 0 Å². The van der Waals surface area contributed by atoms with E-state index in [-0.39, 0.29) is 18.6 Å². The van der Waals surface area contributed by atoms with Crippen molar-refractivity contribution in [2.75, 3.05) is 40.8 Å². The molecule has 0 bridgehead atoms. The number of benzene rings is 1. The van der Waals surface area contributed by atoms with Gasteiger partial charge in [0.1, 0.15) is 0 Å². The molecule has 26 heavy (non-hydrogen) atoms. The van der Waals surface area contributed by atoms with E-state index < -0.39 is 0 Å². The van der Waals surface area contributed by atoms with Crippen LogP contribution in [0.4, 0.5) is 0 Å². The number of aryl methyl sites for hydroxylation is 1. The number of aliphatic hydroxyl groups is 1. The summed E-state index contributed by atoms with van der Waals surface area (Å²) >= 11 is 0. The third-order valence-electron chi connectivity index (χ3n) is 4.43. The van der Waals surface area contributed by atoms with Crippen molar-refractivity contribution in [2.45, 2.75) is 12.0 Å². The first kappa shape index (κ1) is 19.9. The number of aliphatic imine (C=N–C) groups is 1. The highest BCUT2D eigenvalue weighted by molar-refractivity contribution is 5.79.